The molecule has 1 atom stereocenters. The molecule has 0 bridgehead atoms. The first-order valence-electron chi connectivity index (χ1n) is 11.5. The molecule has 6 nitrogen and oxygen atoms in total. The van der Waals surface area contributed by atoms with Crippen LogP contribution in [0.2, 0.25) is 5.02 Å². The first-order chi connectivity index (χ1) is 16.4. The van der Waals surface area contributed by atoms with E-state index in [0.29, 0.717) is 16.0 Å². The van der Waals surface area contributed by atoms with Gasteiger partial charge in [-0.2, -0.15) is 0 Å². The first kappa shape index (κ1) is 21.1. The summed E-state index contributed by atoms with van der Waals surface area (Å²) in [7, 11) is 1.94. The maximum Gasteiger partial charge on any atom is 0.290 e. The predicted octanol–water partition coefficient (Wildman–Crippen LogP) is 6.10. The van der Waals surface area contributed by atoms with E-state index in [1.807, 2.05) is 42.1 Å². The van der Waals surface area contributed by atoms with E-state index < -0.39 is 23.5 Å². The van der Waals surface area contributed by atoms with Gasteiger partial charge in [-0.15, -0.1) is 0 Å². The van der Waals surface area contributed by atoms with Gasteiger partial charge in [0.05, 0.1) is 11.6 Å². The van der Waals surface area contributed by atoms with Crippen LogP contribution in [0.3, 0.4) is 0 Å². The van der Waals surface area contributed by atoms with Gasteiger partial charge in [0, 0.05) is 46.2 Å². The van der Waals surface area contributed by atoms with Crippen molar-refractivity contribution in [2.24, 2.45) is 7.05 Å². The molecule has 2 aromatic carbocycles. The third kappa shape index (κ3) is 3.09. The smallest absolute Gasteiger partial charge is 0.290 e. The zero-order chi connectivity index (χ0) is 23.6. The Balaban J connectivity index is 1.53. The van der Waals surface area contributed by atoms with Crippen molar-refractivity contribution in [2.45, 2.75) is 37.8 Å². The van der Waals surface area contributed by atoms with Crippen LogP contribution in [0, 0.1) is 0 Å². The second-order valence-corrected chi connectivity index (χ2v) is 9.59. The summed E-state index contributed by atoms with van der Waals surface area (Å²) in [4.78, 5) is 28.9. The molecule has 1 aliphatic heterocycles. The molecule has 2 aliphatic rings. The zero-order valence-electron chi connectivity index (χ0n) is 18.6. The summed E-state index contributed by atoms with van der Waals surface area (Å²) in [6.07, 6.45) is 5.70. The maximum atomic E-state index is 13.8. The number of fused-ring (bicyclic) bond motifs is 2. The van der Waals surface area contributed by atoms with Gasteiger partial charge in [-0.25, -0.2) is 0 Å². The number of aliphatic hydroxyl groups excluding tert-OH is 1. The van der Waals surface area contributed by atoms with Crippen molar-refractivity contribution in [3.05, 3.63) is 82.4 Å². The van der Waals surface area contributed by atoms with Crippen molar-refractivity contribution in [1.82, 2.24) is 9.47 Å². The fourth-order valence-electron chi connectivity index (χ4n) is 5.57. The number of hydrogen-bond donors (Lipinski definition) is 1. The number of para-hydroxylation sites is 1. The van der Waals surface area contributed by atoms with Gasteiger partial charge in [0.25, 0.3) is 5.91 Å². The maximum absolute atomic E-state index is 13.8. The Morgan fingerprint density at radius 2 is 1.88 bits per heavy atom. The Morgan fingerprint density at radius 1 is 1.12 bits per heavy atom. The second kappa shape index (κ2) is 7.77. The topological polar surface area (TPSA) is 75.7 Å². The zero-order valence-corrected chi connectivity index (χ0v) is 19.4. The summed E-state index contributed by atoms with van der Waals surface area (Å²) in [5.74, 6) is -1.40. The van der Waals surface area contributed by atoms with E-state index in [9.17, 15) is 14.7 Å². The third-order valence-electron chi connectivity index (χ3n) is 7.13. The number of furan rings is 1. The number of carbonyl (C=O) groups is 2. The number of aliphatic hydroxyl groups is 1. The molecule has 1 aliphatic carbocycles. The van der Waals surface area contributed by atoms with Gasteiger partial charge < -0.3 is 19.0 Å². The minimum atomic E-state index is -0.689. The lowest BCUT2D eigenvalue weighted by atomic mass is 9.93. The number of ketones is 1. The molecular formula is C27H23ClN2O4. The van der Waals surface area contributed by atoms with Crippen LogP contribution in [-0.4, -0.2) is 32.3 Å². The average Bonchev–Trinajstić information content (AvgIpc) is 3.60. The molecule has 7 heteroatoms. The Labute approximate surface area is 201 Å². The molecule has 1 saturated carbocycles. The summed E-state index contributed by atoms with van der Waals surface area (Å²) in [5.41, 5.74) is 2.41. The minimum Gasteiger partial charge on any atom is -0.503 e. The number of carbonyl (C=O) groups excluding carboxylic acids is 2. The highest BCUT2D eigenvalue weighted by molar-refractivity contribution is 6.31. The van der Waals surface area contributed by atoms with Gasteiger partial charge in [-0.3, -0.25) is 9.59 Å². The number of Topliss-reactive ketones (excluding diaryl/α,β-unsaturated/α-hetero) is 1. The number of hydrogen-bond acceptors (Lipinski definition) is 4. The molecule has 1 N–H and O–H groups in total. The lowest BCUT2D eigenvalue weighted by Crippen LogP contribution is -2.38. The minimum absolute atomic E-state index is 0.0293. The fraction of sp³-hybridized carbons (Fsp3) is 0.259. The molecule has 1 fully saturated rings. The van der Waals surface area contributed by atoms with Crippen molar-refractivity contribution in [3.8, 4) is 0 Å². The number of nitrogens with zero attached hydrogens (tertiary/aromatic N) is 2. The Morgan fingerprint density at radius 3 is 2.68 bits per heavy atom. The van der Waals surface area contributed by atoms with Crippen LogP contribution >= 0.6 is 11.6 Å². The molecule has 34 heavy (non-hydrogen) atoms. The van der Waals surface area contributed by atoms with Crippen LogP contribution in [0.15, 0.2) is 70.5 Å². The number of amides is 1. The highest BCUT2D eigenvalue weighted by atomic mass is 35.5. The van der Waals surface area contributed by atoms with Crippen molar-refractivity contribution < 1.29 is 19.1 Å². The molecular weight excluding hydrogens is 452 g/mol. The Kier molecular flexibility index (Phi) is 4.81. The summed E-state index contributed by atoms with van der Waals surface area (Å²) in [6, 6.07) is 13.9. The molecule has 1 unspecified atom stereocenters. The van der Waals surface area contributed by atoms with E-state index in [4.69, 9.17) is 16.0 Å². The fourth-order valence-corrected chi connectivity index (χ4v) is 5.75. The van der Waals surface area contributed by atoms with Crippen LogP contribution in [0.1, 0.15) is 47.8 Å². The molecule has 2 aromatic heterocycles. The van der Waals surface area contributed by atoms with E-state index in [0.717, 1.165) is 42.1 Å². The standard InChI is InChI=1S/C27H23ClN2O4/c1-29-14-19(18-8-4-5-9-20(18)29)24-23(26(32)27(33)30(24)17-6-2-3-7-17)25(31)22-13-15-12-16(28)10-11-21(15)34-22/h4-5,8-14,17,24,32H,2-3,6-7H2,1H3. The van der Waals surface area contributed by atoms with Crippen molar-refractivity contribution in [3.63, 3.8) is 0 Å². The summed E-state index contributed by atoms with van der Waals surface area (Å²) < 4.78 is 7.82. The second-order valence-electron chi connectivity index (χ2n) is 9.15. The molecule has 172 valence electrons. The number of halogens is 1. The molecule has 0 radical (unpaired) electrons. The molecule has 6 rings (SSSR count). The van der Waals surface area contributed by atoms with E-state index in [-0.39, 0.29) is 17.4 Å². The average molecular weight is 475 g/mol. The highest BCUT2D eigenvalue weighted by Crippen LogP contribution is 2.45. The lowest BCUT2D eigenvalue weighted by Gasteiger charge is -2.31. The number of rotatable bonds is 4. The van der Waals surface area contributed by atoms with E-state index in [1.165, 1.54) is 0 Å². The van der Waals surface area contributed by atoms with Crippen LogP contribution in [0.4, 0.5) is 0 Å². The van der Waals surface area contributed by atoms with E-state index in [1.54, 1.807) is 29.2 Å². The molecule has 3 heterocycles. The van der Waals surface area contributed by atoms with Gasteiger partial charge >= 0.3 is 0 Å². The van der Waals surface area contributed by atoms with Crippen LogP contribution in [0.5, 0.6) is 0 Å². The quantitative estimate of drug-likeness (QED) is 0.363. The van der Waals surface area contributed by atoms with Gasteiger partial charge in [0.2, 0.25) is 5.78 Å². The van der Waals surface area contributed by atoms with Crippen molar-refractivity contribution >= 4 is 45.2 Å². The van der Waals surface area contributed by atoms with Gasteiger partial charge in [0.15, 0.2) is 11.5 Å². The van der Waals surface area contributed by atoms with E-state index >= 15 is 0 Å². The normalized spacial score (nSPS) is 19.3. The third-order valence-corrected chi connectivity index (χ3v) is 7.37. The first-order valence-corrected chi connectivity index (χ1v) is 11.9. The lowest BCUT2D eigenvalue weighted by molar-refractivity contribution is -0.131. The van der Waals surface area contributed by atoms with Crippen LogP contribution in [0.25, 0.3) is 21.9 Å². The van der Waals surface area contributed by atoms with Gasteiger partial charge in [-0.1, -0.05) is 42.6 Å². The Bertz CT molecular complexity index is 1510. The monoisotopic (exact) mass is 474 g/mol. The molecule has 4 aromatic rings. The van der Waals surface area contributed by atoms with Gasteiger partial charge in [0.1, 0.15) is 5.58 Å². The SMILES string of the molecule is Cn1cc(C2C(C(=O)c3cc4cc(Cl)ccc4o3)=C(O)C(=O)N2C2CCCC2)c2ccccc21. The van der Waals surface area contributed by atoms with Crippen molar-refractivity contribution in [2.75, 3.05) is 0 Å². The highest BCUT2D eigenvalue weighted by Gasteiger charge is 2.48. The molecule has 1 amide bonds. The summed E-state index contributed by atoms with van der Waals surface area (Å²) in [5, 5.41) is 13.2. The molecule has 0 saturated heterocycles. The Hall–Kier alpha value is -3.51. The number of aryl methyl sites for hydroxylation is 1. The van der Waals surface area contributed by atoms with Crippen LogP contribution in [-0.2, 0) is 11.8 Å². The number of benzene rings is 2. The predicted molar refractivity (Wildman–Crippen MR) is 130 cm³/mol. The van der Waals surface area contributed by atoms with Crippen molar-refractivity contribution in [1.29, 1.82) is 0 Å². The summed E-state index contributed by atoms with van der Waals surface area (Å²) in [6.45, 7) is 0. The largest absolute Gasteiger partial charge is 0.503 e. The summed E-state index contributed by atoms with van der Waals surface area (Å²) >= 11 is 6.10. The van der Waals surface area contributed by atoms with Gasteiger partial charge in [-0.05, 0) is 43.2 Å². The number of aromatic nitrogens is 1. The van der Waals surface area contributed by atoms with E-state index in [2.05, 4.69) is 0 Å². The molecule has 0 spiro atoms. The van der Waals surface area contributed by atoms with Crippen LogP contribution < -0.4 is 0 Å².